The first-order valence-electron chi connectivity index (χ1n) is 9.10. The van der Waals surface area contributed by atoms with E-state index in [1.165, 1.54) is 5.56 Å². The van der Waals surface area contributed by atoms with Crippen molar-refractivity contribution >= 4 is 0 Å². The van der Waals surface area contributed by atoms with E-state index in [1.54, 1.807) is 6.07 Å². The molecular weight excluding hydrogens is 330 g/mol. The third kappa shape index (κ3) is 3.22. The molecule has 1 aromatic heterocycles. The second-order valence-corrected chi connectivity index (χ2v) is 6.77. The van der Waals surface area contributed by atoms with E-state index in [1.807, 2.05) is 55.5 Å². The van der Waals surface area contributed by atoms with Gasteiger partial charge in [-0.1, -0.05) is 78.4 Å². The number of hydrogen-bond acceptors (Lipinski definition) is 1. The molecule has 0 saturated heterocycles. The van der Waals surface area contributed by atoms with Gasteiger partial charge in [0.25, 0.3) is 0 Å². The summed E-state index contributed by atoms with van der Waals surface area (Å²) in [6.45, 7) is 3.99. The molecule has 1 heterocycles. The van der Waals surface area contributed by atoms with Gasteiger partial charge in [-0.05, 0) is 37.1 Å². The van der Waals surface area contributed by atoms with Gasteiger partial charge in [0.15, 0.2) is 5.43 Å². The molecule has 0 N–H and O–H groups in total. The quantitative estimate of drug-likeness (QED) is 0.458. The molecule has 2 nitrogen and oxygen atoms in total. The summed E-state index contributed by atoms with van der Waals surface area (Å²) in [4.78, 5) is 12.8. The SMILES string of the molecule is Cc1ccc(-n2c(-c3ccccc3)cc(=O)c(C)c2-c2ccccc2)cc1. The number of rotatable bonds is 3. The lowest BCUT2D eigenvalue weighted by Crippen LogP contribution is -2.15. The van der Waals surface area contributed by atoms with Gasteiger partial charge >= 0.3 is 0 Å². The van der Waals surface area contributed by atoms with Gasteiger partial charge in [-0.2, -0.15) is 0 Å². The highest BCUT2D eigenvalue weighted by Gasteiger charge is 2.17. The predicted molar refractivity (Wildman–Crippen MR) is 112 cm³/mol. The second-order valence-electron chi connectivity index (χ2n) is 6.77. The Morgan fingerprint density at radius 1 is 0.667 bits per heavy atom. The molecule has 0 aliphatic rings. The van der Waals surface area contributed by atoms with Gasteiger partial charge in [-0.3, -0.25) is 4.79 Å². The zero-order valence-electron chi connectivity index (χ0n) is 15.5. The summed E-state index contributed by atoms with van der Waals surface area (Å²) >= 11 is 0. The summed E-state index contributed by atoms with van der Waals surface area (Å²) in [5.41, 5.74) is 6.94. The normalized spacial score (nSPS) is 10.7. The van der Waals surface area contributed by atoms with Crippen molar-refractivity contribution in [3.05, 3.63) is 112 Å². The Morgan fingerprint density at radius 3 is 1.81 bits per heavy atom. The summed E-state index contributed by atoms with van der Waals surface area (Å²) in [6, 6.07) is 30.4. The zero-order chi connectivity index (χ0) is 18.8. The van der Waals surface area contributed by atoms with Gasteiger partial charge in [-0.15, -0.1) is 0 Å². The van der Waals surface area contributed by atoms with Gasteiger partial charge < -0.3 is 4.57 Å². The first-order valence-corrected chi connectivity index (χ1v) is 9.10. The monoisotopic (exact) mass is 351 g/mol. The average molecular weight is 351 g/mol. The Morgan fingerprint density at radius 2 is 1.22 bits per heavy atom. The lowest BCUT2D eigenvalue weighted by atomic mass is 10.0. The van der Waals surface area contributed by atoms with E-state index in [0.29, 0.717) is 0 Å². The van der Waals surface area contributed by atoms with Gasteiger partial charge in [0, 0.05) is 17.3 Å². The Bertz CT molecular complexity index is 1120. The van der Waals surface area contributed by atoms with Crippen LogP contribution in [0.1, 0.15) is 11.1 Å². The number of hydrogen-bond donors (Lipinski definition) is 0. The fourth-order valence-electron chi connectivity index (χ4n) is 3.43. The van der Waals surface area contributed by atoms with Crippen LogP contribution in [0.4, 0.5) is 0 Å². The molecule has 0 saturated carbocycles. The molecule has 4 aromatic rings. The van der Waals surface area contributed by atoms with E-state index in [2.05, 4.69) is 47.9 Å². The van der Waals surface area contributed by atoms with Crippen LogP contribution in [0.3, 0.4) is 0 Å². The standard InChI is InChI=1S/C25H21NO/c1-18-13-15-22(16-14-18)26-23(20-9-5-3-6-10-20)17-24(27)19(2)25(26)21-11-7-4-8-12-21/h3-17H,1-2H3. The van der Waals surface area contributed by atoms with Crippen molar-refractivity contribution < 1.29 is 0 Å². The highest BCUT2D eigenvalue weighted by atomic mass is 16.1. The van der Waals surface area contributed by atoms with Crippen molar-refractivity contribution in [3.8, 4) is 28.2 Å². The third-order valence-corrected chi connectivity index (χ3v) is 4.87. The smallest absolute Gasteiger partial charge is 0.185 e. The molecule has 132 valence electrons. The van der Waals surface area contributed by atoms with Crippen LogP contribution < -0.4 is 5.43 Å². The minimum Gasteiger partial charge on any atom is -0.309 e. The number of aryl methyl sites for hydroxylation is 1. The van der Waals surface area contributed by atoms with Crippen LogP contribution >= 0.6 is 0 Å². The molecule has 0 bridgehead atoms. The Kier molecular flexibility index (Phi) is 4.47. The minimum absolute atomic E-state index is 0.0519. The van der Waals surface area contributed by atoms with Crippen LogP contribution in [0.2, 0.25) is 0 Å². The van der Waals surface area contributed by atoms with Crippen LogP contribution in [0.25, 0.3) is 28.2 Å². The van der Waals surface area contributed by atoms with Gasteiger partial charge in [0.1, 0.15) is 0 Å². The van der Waals surface area contributed by atoms with E-state index in [4.69, 9.17) is 0 Å². The Balaban J connectivity index is 2.13. The zero-order valence-corrected chi connectivity index (χ0v) is 15.5. The van der Waals surface area contributed by atoms with E-state index in [-0.39, 0.29) is 5.43 Å². The lowest BCUT2D eigenvalue weighted by molar-refractivity contribution is 1.04. The van der Waals surface area contributed by atoms with E-state index < -0.39 is 0 Å². The van der Waals surface area contributed by atoms with Crippen LogP contribution in [0.15, 0.2) is 95.8 Å². The topological polar surface area (TPSA) is 22.0 Å². The van der Waals surface area contributed by atoms with Gasteiger partial charge in [0.2, 0.25) is 0 Å². The average Bonchev–Trinajstić information content (AvgIpc) is 2.71. The van der Waals surface area contributed by atoms with Crippen LogP contribution in [0, 0.1) is 13.8 Å². The number of nitrogens with zero attached hydrogens (tertiary/aromatic N) is 1. The largest absolute Gasteiger partial charge is 0.309 e. The van der Waals surface area contributed by atoms with Crippen molar-refractivity contribution in [2.24, 2.45) is 0 Å². The molecule has 0 atom stereocenters. The molecule has 0 spiro atoms. The van der Waals surface area contributed by atoms with Crippen molar-refractivity contribution in [2.75, 3.05) is 0 Å². The maximum atomic E-state index is 12.8. The summed E-state index contributed by atoms with van der Waals surface area (Å²) in [7, 11) is 0. The summed E-state index contributed by atoms with van der Waals surface area (Å²) in [5.74, 6) is 0. The van der Waals surface area contributed by atoms with E-state index in [0.717, 1.165) is 33.8 Å². The molecule has 3 aromatic carbocycles. The molecule has 2 heteroatoms. The molecule has 0 aliphatic heterocycles. The Hall–Kier alpha value is -3.39. The van der Waals surface area contributed by atoms with Crippen LogP contribution in [0.5, 0.6) is 0 Å². The molecule has 0 radical (unpaired) electrons. The van der Waals surface area contributed by atoms with E-state index >= 15 is 0 Å². The molecule has 0 fully saturated rings. The molecule has 27 heavy (non-hydrogen) atoms. The number of aromatic nitrogens is 1. The molecule has 4 rings (SSSR count). The highest BCUT2D eigenvalue weighted by molar-refractivity contribution is 5.73. The van der Waals surface area contributed by atoms with E-state index in [9.17, 15) is 4.79 Å². The second kappa shape index (κ2) is 7.08. The molecule has 0 unspecified atom stereocenters. The first-order chi connectivity index (χ1) is 13.1. The van der Waals surface area contributed by atoms with Gasteiger partial charge in [-0.25, -0.2) is 0 Å². The first kappa shape index (κ1) is 17.0. The molecule has 0 aliphatic carbocycles. The summed E-state index contributed by atoms with van der Waals surface area (Å²) < 4.78 is 2.20. The highest BCUT2D eigenvalue weighted by Crippen LogP contribution is 2.31. The lowest BCUT2D eigenvalue weighted by Gasteiger charge is -2.21. The summed E-state index contributed by atoms with van der Waals surface area (Å²) in [5, 5.41) is 0. The molecule has 0 amide bonds. The minimum atomic E-state index is 0.0519. The fraction of sp³-hybridized carbons (Fsp3) is 0.0800. The maximum Gasteiger partial charge on any atom is 0.185 e. The van der Waals surface area contributed by atoms with Crippen molar-refractivity contribution in [1.82, 2.24) is 4.57 Å². The van der Waals surface area contributed by atoms with Crippen molar-refractivity contribution in [2.45, 2.75) is 13.8 Å². The Labute approximate surface area is 159 Å². The maximum absolute atomic E-state index is 12.8. The predicted octanol–water partition coefficient (Wildman–Crippen LogP) is 5.79. The molecular formula is C25H21NO. The third-order valence-electron chi connectivity index (χ3n) is 4.87. The van der Waals surface area contributed by atoms with Crippen LogP contribution in [-0.4, -0.2) is 4.57 Å². The van der Waals surface area contributed by atoms with Crippen LogP contribution in [-0.2, 0) is 0 Å². The van der Waals surface area contributed by atoms with Gasteiger partial charge in [0.05, 0.1) is 11.4 Å². The fourth-order valence-corrected chi connectivity index (χ4v) is 3.43. The summed E-state index contributed by atoms with van der Waals surface area (Å²) in [6.07, 6.45) is 0. The number of benzene rings is 3. The van der Waals surface area contributed by atoms with Crippen molar-refractivity contribution in [3.63, 3.8) is 0 Å². The number of pyridine rings is 1. The van der Waals surface area contributed by atoms with Crippen molar-refractivity contribution in [1.29, 1.82) is 0 Å².